The van der Waals surface area contributed by atoms with Crippen LogP contribution in [0.25, 0.3) is 66.1 Å². The molecule has 9 aromatic rings. The molecule has 0 saturated heterocycles. The fourth-order valence-electron chi connectivity index (χ4n) is 10.4. The Morgan fingerprint density at radius 1 is 0.333 bits per heavy atom. The molecule has 1 heteroatoms. The van der Waals surface area contributed by atoms with Gasteiger partial charge in [0.1, 0.15) is 0 Å². The summed E-state index contributed by atoms with van der Waals surface area (Å²) in [5.41, 5.74) is 19.1. The first-order valence-electron chi connectivity index (χ1n) is 20.2. The molecular weight excluding hydrogens is 687 g/mol. The summed E-state index contributed by atoms with van der Waals surface area (Å²) < 4.78 is 0. The molecule has 0 radical (unpaired) electrons. The summed E-state index contributed by atoms with van der Waals surface area (Å²) >= 11 is 0. The maximum absolute atomic E-state index is 2.54. The topological polar surface area (TPSA) is 3.24 Å². The van der Waals surface area contributed by atoms with Crippen LogP contribution in [0.1, 0.15) is 49.9 Å². The summed E-state index contributed by atoms with van der Waals surface area (Å²) in [6, 6.07) is 70.1. The van der Waals surface area contributed by atoms with E-state index in [2.05, 4.69) is 221 Å². The Morgan fingerprint density at radius 3 is 1.56 bits per heavy atom. The van der Waals surface area contributed by atoms with Crippen molar-refractivity contribution >= 4 is 38.6 Å². The van der Waals surface area contributed by atoms with Gasteiger partial charge in [0.2, 0.25) is 0 Å². The molecule has 0 N–H and O–H groups in total. The first-order valence-corrected chi connectivity index (χ1v) is 20.2. The second kappa shape index (κ2) is 12.4. The van der Waals surface area contributed by atoms with Gasteiger partial charge in [0.05, 0.1) is 5.69 Å². The third kappa shape index (κ3) is 4.88. The molecule has 2 aliphatic carbocycles. The molecule has 0 fully saturated rings. The van der Waals surface area contributed by atoms with Gasteiger partial charge in [0.25, 0.3) is 0 Å². The SMILES string of the molecule is CC1(C)c2ccccc2-c2ccc(N(c3ccc(-c4cccc5c4C(C)(C)c4ccccc4-5)cc3)c3c(-c4ccccc4)c4ccccc4c4ccccc34)cc21. The molecule has 0 aliphatic heterocycles. The average Bonchev–Trinajstić information content (AvgIpc) is 3.64. The maximum Gasteiger partial charge on any atom is 0.0624 e. The Balaban J connectivity index is 1.18. The number of benzene rings is 9. The first-order chi connectivity index (χ1) is 27.8. The summed E-state index contributed by atoms with van der Waals surface area (Å²) in [7, 11) is 0. The molecule has 57 heavy (non-hydrogen) atoms. The van der Waals surface area contributed by atoms with Crippen molar-refractivity contribution in [2.45, 2.75) is 38.5 Å². The molecule has 11 rings (SSSR count). The Hall–Kier alpha value is -6.70. The van der Waals surface area contributed by atoms with Crippen LogP contribution in [0.3, 0.4) is 0 Å². The Bertz CT molecular complexity index is 3060. The van der Waals surface area contributed by atoms with E-state index in [1.165, 1.54) is 94.0 Å². The van der Waals surface area contributed by atoms with Crippen LogP contribution in [0.4, 0.5) is 17.1 Å². The molecular formula is C56H43N. The van der Waals surface area contributed by atoms with Crippen LogP contribution in [0.2, 0.25) is 0 Å². The summed E-state index contributed by atoms with van der Waals surface area (Å²) in [6.07, 6.45) is 0. The van der Waals surface area contributed by atoms with Gasteiger partial charge in [0.15, 0.2) is 0 Å². The second-order valence-corrected chi connectivity index (χ2v) is 16.9. The van der Waals surface area contributed by atoms with Gasteiger partial charge in [-0.3, -0.25) is 0 Å². The minimum Gasteiger partial charge on any atom is -0.309 e. The van der Waals surface area contributed by atoms with Crippen LogP contribution in [0.15, 0.2) is 188 Å². The molecule has 0 amide bonds. The highest BCUT2D eigenvalue weighted by molar-refractivity contribution is 6.22. The van der Waals surface area contributed by atoms with Crippen LogP contribution in [-0.2, 0) is 10.8 Å². The quantitative estimate of drug-likeness (QED) is 0.159. The lowest BCUT2D eigenvalue weighted by molar-refractivity contribution is 0.660. The minimum atomic E-state index is -0.136. The molecule has 272 valence electrons. The maximum atomic E-state index is 2.54. The molecule has 0 atom stereocenters. The highest BCUT2D eigenvalue weighted by Crippen LogP contribution is 2.55. The summed E-state index contributed by atoms with van der Waals surface area (Å²) in [6.45, 7) is 9.50. The summed E-state index contributed by atoms with van der Waals surface area (Å²) in [4.78, 5) is 2.54. The normalized spacial score (nSPS) is 14.2. The van der Waals surface area contributed by atoms with E-state index >= 15 is 0 Å². The second-order valence-electron chi connectivity index (χ2n) is 16.9. The van der Waals surface area contributed by atoms with Gasteiger partial charge in [0, 0.05) is 33.2 Å². The van der Waals surface area contributed by atoms with E-state index < -0.39 is 0 Å². The third-order valence-electron chi connectivity index (χ3n) is 13.0. The van der Waals surface area contributed by atoms with Crippen molar-refractivity contribution in [3.63, 3.8) is 0 Å². The van der Waals surface area contributed by atoms with Crippen LogP contribution >= 0.6 is 0 Å². The van der Waals surface area contributed by atoms with Crippen molar-refractivity contribution in [2.75, 3.05) is 4.90 Å². The monoisotopic (exact) mass is 729 g/mol. The Morgan fingerprint density at radius 2 is 0.842 bits per heavy atom. The Labute approximate surface area is 335 Å². The smallest absolute Gasteiger partial charge is 0.0624 e. The zero-order valence-electron chi connectivity index (χ0n) is 32.8. The van der Waals surface area contributed by atoms with E-state index in [-0.39, 0.29) is 10.8 Å². The van der Waals surface area contributed by atoms with Crippen molar-refractivity contribution in [1.29, 1.82) is 0 Å². The standard InChI is InChI=1S/C56H43N/c1-55(2)49-27-14-12-21-43(49)45-34-33-39(35-51(45)55)57(54-48-24-11-9-20-42(48)41-19-8-10-23-46(41)52(54)37-17-6-5-7-18-37)38-31-29-36(30-32-38)40-25-16-26-47-44-22-13-15-28-50(44)56(3,4)53(40)47/h5-35H,1-4H3. The van der Waals surface area contributed by atoms with E-state index in [4.69, 9.17) is 0 Å². The molecule has 0 heterocycles. The van der Waals surface area contributed by atoms with Gasteiger partial charge < -0.3 is 4.90 Å². The van der Waals surface area contributed by atoms with Crippen molar-refractivity contribution in [3.05, 3.63) is 210 Å². The lowest BCUT2D eigenvalue weighted by Gasteiger charge is -2.32. The fourth-order valence-corrected chi connectivity index (χ4v) is 10.4. The van der Waals surface area contributed by atoms with Gasteiger partial charge in [-0.2, -0.15) is 0 Å². The highest BCUT2D eigenvalue weighted by Gasteiger charge is 2.38. The predicted octanol–water partition coefficient (Wildman–Crippen LogP) is 15.4. The van der Waals surface area contributed by atoms with E-state index in [1.807, 2.05) is 0 Å². The lowest BCUT2D eigenvalue weighted by Crippen LogP contribution is -2.17. The van der Waals surface area contributed by atoms with Crippen molar-refractivity contribution in [2.24, 2.45) is 0 Å². The minimum absolute atomic E-state index is 0.101. The van der Waals surface area contributed by atoms with E-state index in [9.17, 15) is 0 Å². The average molecular weight is 730 g/mol. The number of rotatable bonds is 5. The number of anilines is 3. The highest BCUT2D eigenvalue weighted by atomic mass is 15.1. The molecule has 0 unspecified atom stereocenters. The van der Waals surface area contributed by atoms with Gasteiger partial charge >= 0.3 is 0 Å². The number of hydrogen-bond donors (Lipinski definition) is 0. The summed E-state index contributed by atoms with van der Waals surface area (Å²) in [5.74, 6) is 0. The first kappa shape index (κ1) is 33.6. The van der Waals surface area contributed by atoms with Gasteiger partial charge in [-0.05, 0) is 102 Å². The fraction of sp³-hybridized carbons (Fsp3) is 0.107. The van der Waals surface area contributed by atoms with Crippen LogP contribution in [0, 0.1) is 0 Å². The zero-order valence-corrected chi connectivity index (χ0v) is 32.8. The number of hydrogen-bond acceptors (Lipinski definition) is 1. The molecule has 2 aliphatic rings. The van der Waals surface area contributed by atoms with E-state index in [0.29, 0.717) is 0 Å². The van der Waals surface area contributed by atoms with Crippen molar-refractivity contribution in [3.8, 4) is 44.5 Å². The largest absolute Gasteiger partial charge is 0.309 e. The lowest BCUT2D eigenvalue weighted by atomic mass is 9.79. The molecule has 0 aromatic heterocycles. The predicted molar refractivity (Wildman–Crippen MR) is 242 cm³/mol. The van der Waals surface area contributed by atoms with E-state index in [0.717, 1.165) is 11.4 Å². The van der Waals surface area contributed by atoms with Crippen molar-refractivity contribution < 1.29 is 0 Å². The zero-order chi connectivity index (χ0) is 38.5. The molecule has 1 nitrogen and oxygen atoms in total. The molecule has 0 saturated carbocycles. The summed E-state index contributed by atoms with van der Waals surface area (Å²) in [5, 5.41) is 4.98. The van der Waals surface area contributed by atoms with Gasteiger partial charge in [-0.15, -0.1) is 0 Å². The van der Waals surface area contributed by atoms with Crippen LogP contribution in [-0.4, -0.2) is 0 Å². The number of fused-ring (bicyclic) bond motifs is 9. The van der Waals surface area contributed by atoms with Crippen LogP contribution < -0.4 is 4.90 Å². The third-order valence-corrected chi connectivity index (χ3v) is 13.0. The number of nitrogens with zero attached hydrogens (tertiary/aromatic N) is 1. The van der Waals surface area contributed by atoms with Crippen molar-refractivity contribution in [1.82, 2.24) is 0 Å². The van der Waals surface area contributed by atoms with Gasteiger partial charge in [-0.25, -0.2) is 0 Å². The Kier molecular flexibility index (Phi) is 7.32. The molecule has 0 spiro atoms. The molecule has 0 bridgehead atoms. The van der Waals surface area contributed by atoms with Crippen LogP contribution in [0.5, 0.6) is 0 Å². The van der Waals surface area contributed by atoms with E-state index in [1.54, 1.807) is 0 Å². The molecule has 9 aromatic carbocycles. The van der Waals surface area contributed by atoms with Gasteiger partial charge in [-0.1, -0.05) is 191 Å².